The molecule has 1 aromatic heterocycles. The molecule has 0 bridgehead atoms. The topological polar surface area (TPSA) is 78.5 Å². The second kappa shape index (κ2) is 8.59. The summed E-state index contributed by atoms with van der Waals surface area (Å²) in [6, 6.07) is 16.2. The third-order valence-electron chi connectivity index (χ3n) is 5.14. The van der Waals surface area contributed by atoms with Crippen LogP contribution in [0.2, 0.25) is 5.02 Å². The van der Waals surface area contributed by atoms with Crippen molar-refractivity contribution in [2.24, 2.45) is 0 Å². The van der Waals surface area contributed by atoms with E-state index in [1.807, 2.05) is 24.3 Å². The number of para-hydroxylation sites is 1. The van der Waals surface area contributed by atoms with E-state index in [1.54, 1.807) is 47.2 Å². The van der Waals surface area contributed by atoms with Crippen molar-refractivity contribution >= 4 is 23.4 Å². The molecule has 1 N–H and O–H groups in total. The molecule has 0 aliphatic carbocycles. The van der Waals surface area contributed by atoms with Crippen LogP contribution in [0.4, 0.5) is 0 Å². The lowest BCUT2D eigenvalue weighted by atomic mass is 10.1. The minimum absolute atomic E-state index is 0.0916. The maximum Gasteiger partial charge on any atom is 0.272 e. The Morgan fingerprint density at radius 1 is 0.967 bits per heavy atom. The van der Waals surface area contributed by atoms with Gasteiger partial charge in [0, 0.05) is 36.8 Å². The van der Waals surface area contributed by atoms with E-state index >= 15 is 0 Å². The van der Waals surface area contributed by atoms with Crippen molar-refractivity contribution in [3.63, 3.8) is 0 Å². The lowest BCUT2D eigenvalue weighted by Gasteiger charge is -2.34. The van der Waals surface area contributed by atoms with Gasteiger partial charge in [-0.1, -0.05) is 35.9 Å². The van der Waals surface area contributed by atoms with Gasteiger partial charge in [0.2, 0.25) is 0 Å². The number of H-pyrrole nitrogens is 1. The van der Waals surface area contributed by atoms with Gasteiger partial charge in [0.1, 0.15) is 11.4 Å². The van der Waals surface area contributed by atoms with Gasteiger partial charge >= 0.3 is 0 Å². The number of aromatic amines is 1. The molecule has 0 radical (unpaired) electrons. The first-order chi connectivity index (χ1) is 14.6. The Morgan fingerprint density at radius 3 is 2.27 bits per heavy atom. The van der Waals surface area contributed by atoms with Crippen molar-refractivity contribution in [1.29, 1.82) is 0 Å². The number of piperazine rings is 1. The summed E-state index contributed by atoms with van der Waals surface area (Å²) in [5.74, 6) is 0.325. The molecule has 1 aliphatic rings. The third kappa shape index (κ3) is 4.02. The number of rotatable bonds is 4. The number of ether oxygens (including phenoxy) is 1. The van der Waals surface area contributed by atoms with E-state index in [0.717, 1.165) is 5.56 Å². The van der Waals surface area contributed by atoms with Gasteiger partial charge in [-0.15, -0.1) is 0 Å². The van der Waals surface area contributed by atoms with E-state index in [0.29, 0.717) is 53.9 Å². The molecule has 0 atom stereocenters. The number of carbonyl (C=O) groups is 2. The molecule has 0 spiro atoms. The second-order valence-corrected chi connectivity index (χ2v) is 7.39. The molecule has 7 nitrogen and oxygen atoms in total. The Labute approximate surface area is 179 Å². The largest absolute Gasteiger partial charge is 0.496 e. The second-order valence-electron chi connectivity index (χ2n) is 6.96. The fourth-order valence-corrected chi connectivity index (χ4v) is 3.60. The summed E-state index contributed by atoms with van der Waals surface area (Å²) < 4.78 is 5.29. The summed E-state index contributed by atoms with van der Waals surface area (Å²) in [4.78, 5) is 29.2. The molecule has 2 aromatic carbocycles. The average molecular weight is 425 g/mol. The number of hydrogen-bond acceptors (Lipinski definition) is 4. The van der Waals surface area contributed by atoms with E-state index in [4.69, 9.17) is 16.3 Å². The average Bonchev–Trinajstić information content (AvgIpc) is 3.29. The minimum atomic E-state index is -0.132. The number of aromatic nitrogens is 2. The highest BCUT2D eigenvalue weighted by Crippen LogP contribution is 2.22. The van der Waals surface area contributed by atoms with Crippen molar-refractivity contribution in [2.45, 2.75) is 0 Å². The number of methoxy groups -OCH3 is 1. The Bertz CT molecular complexity index is 1060. The van der Waals surface area contributed by atoms with E-state index in [1.165, 1.54) is 0 Å². The Hall–Kier alpha value is -3.32. The zero-order valence-corrected chi connectivity index (χ0v) is 17.2. The van der Waals surface area contributed by atoms with Crippen LogP contribution < -0.4 is 4.74 Å². The molecule has 1 fully saturated rings. The lowest BCUT2D eigenvalue weighted by Crippen LogP contribution is -2.50. The SMILES string of the molecule is COc1ccccc1C(=O)N1CCN(C(=O)c2cc(-c3ccc(Cl)cc3)n[nH]2)CC1. The molecule has 30 heavy (non-hydrogen) atoms. The summed E-state index contributed by atoms with van der Waals surface area (Å²) in [7, 11) is 1.55. The van der Waals surface area contributed by atoms with Crippen LogP contribution in [0.25, 0.3) is 11.3 Å². The fourth-order valence-electron chi connectivity index (χ4n) is 3.47. The molecule has 4 rings (SSSR count). The Balaban J connectivity index is 1.40. The van der Waals surface area contributed by atoms with Gasteiger partial charge in [0.15, 0.2) is 0 Å². The number of nitrogens with one attached hydrogen (secondary N) is 1. The predicted molar refractivity (Wildman–Crippen MR) is 114 cm³/mol. The maximum atomic E-state index is 12.9. The zero-order chi connectivity index (χ0) is 21.1. The number of benzene rings is 2. The van der Waals surface area contributed by atoms with Gasteiger partial charge in [-0.2, -0.15) is 5.10 Å². The molecule has 2 amide bonds. The molecule has 8 heteroatoms. The Kier molecular flexibility index (Phi) is 5.72. The lowest BCUT2D eigenvalue weighted by molar-refractivity contribution is 0.0530. The molecular weight excluding hydrogens is 404 g/mol. The smallest absolute Gasteiger partial charge is 0.272 e. The van der Waals surface area contributed by atoms with Gasteiger partial charge in [-0.3, -0.25) is 14.7 Å². The fraction of sp³-hybridized carbons (Fsp3) is 0.227. The molecule has 0 unspecified atom stereocenters. The molecule has 0 saturated carbocycles. The number of hydrogen-bond donors (Lipinski definition) is 1. The standard InChI is InChI=1S/C22H21ClN4O3/c1-30-20-5-3-2-4-17(20)21(28)26-10-12-27(13-11-26)22(29)19-14-18(24-25-19)15-6-8-16(23)9-7-15/h2-9,14H,10-13H2,1H3,(H,24,25). The Morgan fingerprint density at radius 2 is 1.60 bits per heavy atom. The van der Waals surface area contributed by atoms with Crippen LogP contribution in [-0.4, -0.2) is 65.1 Å². The molecule has 2 heterocycles. The van der Waals surface area contributed by atoms with Gasteiger partial charge in [0.05, 0.1) is 18.4 Å². The van der Waals surface area contributed by atoms with E-state index < -0.39 is 0 Å². The first-order valence-electron chi connectivity index (χ1n) is 9.60. The molecule has 1 aliphatic heterocycles. The summed E-state index contributed by atoms with van der Waals surface area (Å²) in [6.45, 7) is 1.83. The normalized spacial score (nSPS) is 13.9. The van der Waals surface area contributed by atoms with Crippen molar-refractivity contribution in [1.82, 2.24) is 20.0 Å². The van der Waals surface area contributed by atoms with Gasteiger partial charge in [0.25, 0.3) is 11.8 Å². The zero-order valence-electron chi connectivity index (χ0n) is 16.5. The highest BCUT2D eigenvalue weighted by molar-refractivity contribution is 6.30. The van der Waals surface area contributed by atoms with Crippen molar-refractivity contribution in [2.75, 3.05) is 33.3 Å². The third-order valence-corrected chi connectivity index (χ3v) is 5.39. The van der Waals surface area contributed by atoms with E-state index in [9.17, 15) is 9.59 Å². The van der Waals surface area contributed by atoms with Crippen LogP contribution in [0.3, 0.4) is 0 Å². The van der Waals surface area contributed by atoms with Crippen LogP contribution in [0.1, 0.15) is 20.8 Å². The monoisotopic (exact) mass is 424 g/mol. The minimum Gasteiger partial charge on any atom is -0.496 e. The summed E-state index contributed by atoms with van der Waals surface area (Å²) >= 11 is 5.92. The quantitative estimate of drug-likeness (QED) is 0.696. The summed E-state index contributed by atoms with van der Waals surface area (Å²) in [6.07, 6.45) is 0. The van der Waals surface area contributed by atoms with Crippen molar-refractivity contribution in [3.8, 4) is 17.0 Å². The number of amides is 2. The van der Waals surface area contributed by atoms with Gasteiger partial charge < -0.3 is 14.5 Å². The highest BCUT2D eigenvalue weighted by Gasteiger charge is 2.27. The van der Waals surface area contributed by atoms with Gasteiger partial charge in [-0.05, 0) is 30.3 Å². The molecule has 3 aromatic rings. The summed E-state index contributed by atoms with van der Waals surface area (Å²) in [5.41, 5.74) is 2.51. The highest BCUT2D eigenvalue weighted by atomic mass is 35.5. The van der Waals surface area contributed by atoms with Crippen LogP contribution in [0.15, 0.2) is 54.6 Å². The van der Waals surface area contributed by atoms with Crippen LogP contribution >= 0.6 is 11.6 Å². The van der Waals surface area contributed by atoms with Crippen molar-refractivity contribution < 1.29 is 14.3 Å². The maximum absolute atomic E-state index is 12.9. The summed E-state index contributed by atoms with van der Waals surface area (Å²) in [5, 5.41) is 7.70. The molecular formula is C22H21ClN4O3. The number of nitrogens with zero attached hydrogens (tertiary/aromatic N) is 3. The van der Waals surface area contributed by atoms with Crippen LogP contribution in [-0.2, 0) is 0 Å². The number of halogens is 1. The molecule has 1 saturated heterocycles. The molecule has 154 valence electrons. The number of carbonyl (C=O) groups excluding carboxylic acids is 2. The van der Waals surface area contributed by atoms with E-state index in [2.05, 4.69) is 10.2 Å². The van der Waals surface area contributed by atoms with E-state index in [-0.39, 0.29) is 11.8 Å². The predicted octanol–water partition coefficient (Wildman–Crippen LogP) is 3.34. The first-order valence-corrected chi connectivity index (χ1v) is 9.97. The van der Waals surface area contributed by atoms with Crippen LogP contribution in [0.5, 0.6) is 5.75 Å². The van der Waals surface area contributed by atoms with Crippen molar-refractivity contribution in [3.05, 3.63) is 70.9 Å². The van der Waals surface area contributed by atoms with Gasteiger partial charge in [-0.25, -0.2) is 0 Å². The van der Waals surface area contributed by atoms with Crippen LogP contribution in [0, 0.1) is 0 Å². The first kappa shape index (κ1) is 20.0.